The molecule has 0 saturated carbocycles. The van der Waals surface area contributed by atoms with Gasteiger partial charge in [-0.05, 0) is 73.4 Å². The number of amides is 2. The minimum Gasteiger partial charge on any atom is -0.358 e. The van der Waals surface area contributed by atoms with Crippen LogP contribution in [0.25, 0.3) is 0 Å². The van der Waals surface area contributed by atoms with Gasteiger partial charge in [-0.25, -0.2) is 0 Å². The van der Waals surface area contributed by atoms with Crippen molar-refractivity contribution in [1.82, 2.24) is 5.32 Å². The number of benzene rings is 2. The molecule has 2 fully saturated rings. The normalized spacial score (nSPS) is 16.3. The lowest BCUT2D eigenvalue weighted by atomic mass is 10.1. The van der Waals surface area contributed by atoms with E-state index < -0.39 is 0 Å². The number of aryl methyl sites for hydroxylation is 1. The Kier molecular flexibility index (Phi) is 5.99. The number of anilines is 3. The van der Waals surface area contributed by atoms with Crippen LogP contribution in [0.4, 0.5) is 17.1 Å². The van der Waals surface area contributed by atoms with E-state index in [-0.39, 0.29) is 11.8 Å². The molecule has 0 radical (unpaired) electrons. The molecule has 0 atom stereocenters. The van der Waals surface area contributed by atoms with Crippen molar-refractivity contribution < 1.29 is 9.59 Å². The van der Waals surface area contributed by atoms with Gasteiger partial charge in [0.05, 0.1) is 0 Å². The van der Waals surface area contributed by atoms with Gasteiger partial charge in [0.1, 0.15) is 0 Å². The Morgan fingerprint density at radius 3 is 2.40 bits per heavy atom. The van der Waals surface area contributed by atoms with Gasteiger partial charge in [-0.3, -0.25) is 9.59 Å². The molecule has 0 aromatic heterocycles. The average Bonchev–Trinajstić information content (AvgIpc) is 3.35. The lowest BCUT2D eigenvalue weighted by Gasteiger charge is -2.20. The molecule has 30 heavy (non-hydrogen) atoms. The molecular weight excluding hydrogens is 396 g/mol. The van der Waals surface area contributed by atoms with Crippen molar-refractivity contribution in [2.45, 2.75) is 39.2 Å². The van der Waals surface area contributed by atoms with Crippen LogP contribution < -0.4 is 20.4 Å². The molecule has 0 unspecified atom stereocenters. The van der Waals surface area contributed by atoms with Crippen molar-refractivity contribution in [3.05, 3.63) is 53.6 Å². The molecule has 2 N–H and O–H groups in total. The van der Waals surface area contributed by atoms with Gasteiger partial charge in [-0.2, -0.15) is 0 Å². The summed E-state index contributed by atoms with van der Waals surface area (Å²) >= 11 is 5.44. The van der Waals surface area contributed by atoms with Gasteiger partial charge in [0.25, 0.3) is 0 Å². The van der Waals surface area contributed by atoms with Gasteiger partial charge >= 0.3 is 0 Å². The first-order valence-corrected chi connectivity index (χ1v) is 10.8. The van der Waals surface area contributed by atoms with E-state index in [1.54, 1.807) is 0 Å². The van der Waals surface area contributed by atoms with Crippen LogP contribution in [0.5, 0.6) is 0 Å². The van der Waals surface area contributed by atoms with E-state index in [1.165, 1.54) is 0 Å². The van der Waals surface area contributed by atoms with Crippen LogP contribution in [0.1, 0.15) is 36.8 Å². The Morgan fingerprint density at radius 2 is 1.73 bits per heavy atom. The SMILES string of the molecule is Cc1cc(NC(=S)NCc2cccc(N3CCCC3=O)c2)ccc1N1CCCC1=O. The van der Waals surface area contributed by atoms with Crippen molar-refractivity contribution in [1.29, 1.82) is 0 Å². The first-order valence-electron chi connectivity index (χ1n) is 10.4. The molecule has 156 valence electrons. The zero-order valence-corrected chi connectivity index (χ0v) is 17.9. The molecule has 0 spiro atoms. The molecule has 0 bridgehead atoms. The Balaban J connectivity index is 1.34. The van der Waals surface area contributed by atoms with Crippen LogP contribution in [0.15, 0.2) is 42.5 Å². The van der Waals surface area contributed by atoms with Crippen molar-refractivity contribution >= 4 is 46.2 Å². The van der Waals surface area contributed by atoms with Gasteiger partial charge in [0, 0.05) is 49.5 Å². The molecule has 4 rings (SSSR count). The molecular formula is C23H26N4O2S. The summed E-state index contributed by atoms with van der Waals surface area (Å²) in [6.07, 6.45) is 3.08. The van der Waals surface area contributed by atoms with E-state index in [1.807, 2.05) is 59.2 Å². The summed E-state index contributed by atoms with van der Waals surface area (Å²) < 4.78 is 0. The molecule has 2 heterocycles. The molecule has 2 aromatic carbocycles. The molecule has 2 aliphatic rings. The molecule has 2 amide bonds. The van der Waals surface area contributed by atoms with E-state index in [4.69, 9.17) is 12.2 Å². The fraction of sp³-hybridized carbons (Fsp3) is 0.348. The molecule has 0 aliphatic carbocycles. The van der Waals surface area contributed by atoms with Crippen molar-refractivity contribution in [3.63, 3.8) is 0 Å². The summed E-state index contributed by atoms with van der Waals surface area (Å²) in [5, 5.41) is 6.97. The second-order valence-corrected chi connectivity index (χ2v) is 8.18. The molecule has 7 heteroatoms. The van der Waals surface area contributed by atoms with Gasteiger partial charge in [0.2, 0.25) is 11.8 Å². The summed E-state index contributed by atoms with van der Waals surface area (Å²) in [6, 6.07) is 13.9. The van der Waals surface area contributed by atoms with Gasteiger partial charge in [0.15, 0.2) is 5.11 Å². The van der Waals surface area contributed by atoms with Crippen LogP contribution in [0, 0.1) is 6.92 Å². The van der Waals surface area contributed by atoms with Gasteiger partial charge in [-0.15, -0.1) is 0 Å². The second-order valence-electron chi connectivity index (χ2n) is 7.78. The van der Waals surface area contributed by atoms with Crippen molar-refractivity contribution in [2.75, 3.05) is 28.2 Å². The number of carbonyl (C=O) groups is 2. The number of hydrogen-bond donors (Lipinski definition) is 2. The number of rotatable bonds is 5. The monoisotopic (exact) mass is 422 g/mol. The van der Waals surface area contributed by atoms with E-state index >= 15 is 0 Å². The topological polar surface area (TPSA) is 64.7 Å². The predicted molar refractivity (Wildman–Crippen MR) is 124 cm³/mol. The summed E-state index contributed by atoms with van der Waals surface area (Å²) in [7, 11) is 0. The van der Waals surface area contributed by atoms with Crippen LogP contribution >= 0.6 is 12.2 Å². The lowest BCUT2D eigenvalue weighted by Crippen LogP contribution is -2.28. The third-order valence-electron chi connectivity index (χ3n) is 5.57. The lowest BCUT2D eigenvalue weighted by molar-refractivity contribution is -0.117. The minimum atomic E-state index is 0.187. The zero-order chi connectivity index (χ0) is 21.1. The maximum Gasteiger partial charge on any atom is 0.227 e. The number of nitrogens with one attached hydrogen (secondary N) is 2. The standard InChI is InChI=1S/C23H26N4O2S/c1-16-13-18(9-10-20(16)27-12-4-8-22(27)29)25-23(30)24-15-17-5-2-6-19(14-17)26-11-3-7-21(26)28/h2,5-6,9-10,13-14H,3-4,7-8,11-12,15H2,1H3,(H2,24,25,30). The fourth-order valence-electron chi connectivity index (χ4n) is 4.05. The summed E-state index contributed by atoms with van der Waals surface area (Å²) in [4.78, 5) is 27.7. The smallest absolute Gasteiger partial charge is 0.227 e. The highest BCUT2D eigenvalue weighted by Gasteiger charge is 2.23. The minimum absolute atomic E-state index is 0.187. The Morgan fingerprint density at radius 1 is 1.00 bits per heavy atom. The quantitative estimate of drug-likeness (QED) is 0.719. The maximum absolute atomic E-state index is 12.0. The number of thiocarbonyl (C=S) groups is 1. The summed E-state index contributed by atoms with van der Waals surface area (Å²) in [5.41, 5.74) is 4.90. The third kappa shape index (κ3) is 4.46. The largest absolute Gasteiger partial charge is 0.358 e. The number of nitrogens with zero attached hydrogens (tertiary/aromatic N) is 2. The third-order valence-corrected chi connectivity index (χ3v) is 5.81. The van der Waals surface area contributed by atoms with Crippen molar-refractivity contribution in [3.8, 4) is 0 Å². The Bertz CT molecular complexity index is 991. The molecule has 6 nitrogen and oxygen atoms in total. The van der Waals surface area contributed by atoms with Crippen LogP contribution in [-0.4, -0.2) is 30.0 Å². The van der Waals surface area contributed by atoms with Crippen molar-refractivity contribution in [2.24, 2.45) is 0 Å². The van der Waals surface area contributed by atoms with Crippen LogP contribution in [0.3, 0.4) is 0 Å². The average molecular weight is 423 g/mol. The first kappa shape index (κ1) is 20.3. The van der Waals surface area contributed by atoms with Crippen LogP contribution in [0.2, 0.25) is 0 Å². The van der Waals surface area contributed by atoms with E-state index in [0.29, 0.717) is 24.5 Å². The molecule has 2 aromatic rings. The zero-order valence-electron chi connectivity index (χ0n) is 17.1. The van der Waals surface area contributed by atoms with Gasteiger partial charge in [-0.1, -0.05) is 12.1 Å². The highest BCUT2D eigenvalue weighted by Crippen LogP contribution is 2.27. The van der Waals surface area contributed by atoms with Gasteiger partial charge < -0.3 is 20.4 Å². The highest BCUT2D eigenvalue weighted by molar-refractivity contribution is 7.80. The second kappa shape index (κ2) is 8.83. The first-order chi connectivity index (χ1) is 14.5. The number of hydrogen-bond acceptors (Lipinski definition) is 3. The predicted octanol–water partition coefficient (Wildman–Crippen LogP) is 3.74. The Hall–Kier alpha value is -2.93. The van der Waals surface area contributed by atoms with E-state index in [9.17, 15) is 9.59 Å². The highest BCUT2D eigenvalue weighted by atomic mass is 32.1. The van der Waals surface area contributed by atoms with E-state index in [2.05, 4.69) is 10.6 Å². The summed E-state index contributed by atoms with van der Waals surface area (Å²) in [5.74, 6) is 0.376. The summed E-state index contributed by atoms with van der Waals surface area (Å²) in [6.45, 7) is 4.15. The molecule has 2 aliphatic heterocycles. The Labute approximate surface area is 182 Å². The fourth-order valence-corrected chi connectivity index (χ4v) is 4.24. The van der Waals surface area contributed by atoms with E-state index in [0.717, 1.165) is 54.1 Å². The maximum atomic E-state index is 12.0. The van der Waals surface area contributed by atoms with Crippen LogP contribution in [-0.2, 0) is 16.1 Å². The molecule has 2 saturated heterocycles. The number of carbonyl (C=O) groups excluding carboxylic acids is 2.